The maximum atomic E-state index is 8.80. The molecule has 4 heteroatoms. The van der Waals surface area contributed by atoms with Crippen LogP contribution >= 0.6 is 23.2 Å². The van der Waals surface area contributed by atoms with E-state index in [1.807, 2.05) is 0 Å². The molecule has 1 aromatic rings. The summed E-state index contributed by atoms with van der Waals surface area (Å²) in [7, 11) is 0. The first-order chi connectivity index (χ1) is 6.93. The van der Waals surface area contributed by atoms with E-state index in [1.165, 1.54) is 0 Å². The zero-order chi connectivity index (χ0) is 11.5. The van der Waals surface area contributed by atoms with Crippen LogP contribution in [0.4, 0.5) is 0 Å². The molecule has 15 heavy (non-hydrogen) atoms. The smallest absolute Gasteiger partial charge is 0.122 e. The summed E-state index contributed by atoms with van der Waals surface area (Å²) >= 11 is 11.6. The van der Waals surface area contributed by atoms with Gasteiger partial charge in [-0.2, -0.15) is 5.26 Å². The standard InChI is InChI=1S/C11H11Cl2NO/c1-11(2,6-14)7-15-10-4-8(12)3-9(13)5-10/h3-5H,7H2,1-2H3. The van der Waals surface area contributed by atoms with Gasteiger partial charge in [0.15, 0.2) is 0 Å². The summed E-state index contributed by atoms with van der Waals surface area (Å²) in [6.07, 6.45) is 0. The van der Waals surface area contributed by atoms with Gasteiger partial charge in [0.1, 0.15) is 12.4 Å². The summed E-state index contributed by atoms with van der Waals surface area (Å²) in [5.41, 5.74) is -0.519. The van der Waals surface area contributed by atoms with Crippen molar-refractivity contribution in [2.24, 2.45) is 5.41 Å². The van der Waals surface area contributed by atoms with E-state index >= 15 is 0 Å². The van der Waals surface area contributed by atoms with Gasteiger partial charge in [-0.15, -0.1) is 0 Å². The molecule has 2 nitrogen and oxygen atoms in total. The summed E-state index contributed by atoms with van der Waals surface area (Å²) in [6, 6.07) is 7.12. The Balaban J connectivity index is 2.71. The minimum Gasteiger partial charge on any atom is -0.492 e. The Morgan fingerprint density at radius 3 is 2.27 bits per heavy atom. The lowest BCUT2D eigenvalue weighted by Crippen LogP contribution is -2.18. The fraction of sp³-hybridized carbons (Fsp3) is 0.364. The van der Waals surface area contributed by atoms with Gasteiger partial charge in [0.05, 0.1) is 11.5 Å². The van der Waals surface area contributed by atoms with Crippen LogP contribution in [0.25, 0.3) is 0 Å². The Labute approximate surface area is 99.4 Å². The first-order valence-electron chi connectivity index (χ1n) is 4.43. The van der Waals surface area contributed by atoms with Gasteiger partial charge in [-0.05, 0) is 32.0 Å². The number of rotatable bonds is 3. The quantitative estimate of drug-likeness (QED) is 0.807. The van der Waals surface area contributed by atoms with Gasteiger partial charge in [-0.1, -0.05) is 23.2 Å². The van der Waals surface area contributed by atoms with Crippen molar-refractivity contribution in [1.29, 1.82) is 5.26 Å². The Morgan fingerprint density at radius 2 is 1.80 bits per heavy atom. The fourth-order valence-electron chi connectivity index (χ4n) is 0.908. The van der Waals surface area contributed by atoms with Crippen molar-refractivity contribution in [3.8, 4) is 11.8 Å². The minimum atomic E-state index is -0.519. The monoisotopic (exact) mass is 243 g/mol. The lowest BCUT2D eigenvalue weighted by molar-refractivity contribution is 0.227. The molecular weight excluding hydrogens is 233 g/mol. The maximum absolute atomic E-state index is 8.80. The molecule has 0 bridgehead atoms. The van der Waals surface area contributed by atoms with Crippen LogP contribution in [-0.2, 0) is 0 Å². The Morgan fingerprint density at radius 1 is 1.27 bits per heavy atom. The van der Waals surface area contributed by atoms with E-state index in [2.05, 4.69) is 6.07 Å². The van der Waals surface area contributed by atoms with E-state index in [0.29, 0.717) is 22.4 Å². The molecular formula is C11H11Cl2NO. The topological polar surface area (TPSA) is 33.0 Å². The van der Waals surface area contributed by atoms with E-state index in [9.17, 15) is 0 Å². The van der Waals surface area contributed by atoms with Crippen molar-refractivity contribution in [3.05, 3.63) is 28.2 Å². The lowest BCUT2D eigenvalue weighted by atomic mass is 9.98. The molecule has 0 saturated carbocycles. The van der Waals surface area contributed by atoms with Crippen molar-refractivity contribution in [2.75, 3.05) is 6.61 Å². The number of hydrogen-bond acceptors (Lipinski definition) is 2. The van der Waals surface area contributed by atoms with Crippen LogP contribution in [0, 0.1) is 16.7 Å². The van der Waals surface area contributed by atoms with Crippen molar-refractivity contribution in [2.45, 2.75) is 13.8 Å². The van der Waals surface area contributed by atoms with Crippen molar-refractivity contribution in [3.63, 3.8) is 0 Å². The van der Waals surface area contributed by atoms with Crippen LogP contribution in [0.15, 0.2) is 18.2 Å². The molecule has 0 amide bonds. The molecule has 0 saturated heterocycles. The second-order valence-electron chi connectivity index (χ2n) is 3.89. The number of nitriles is 1. The summed E-state index contributed by atoms with van der Waals surface area (Å²) in [4.78, 5) is 0. The van der Waals surface area contributed by atoms with E-state index < -0.39 is 5.41 Å². The first kappa shape index (κ1) is 12.2. The minimum absolute atomic E-state index is 0.306. The molecule has 0 heterocycles. The first-order valence-corrected chi connectivity index (χ1v) is 5.19. The van der Waals surface area contributed by atoms with Crippen LogP contribution in [-0.4, -0.2) is 6.61 Å². The molecule has 0 aliphatic heterocycles. The number of ether oxygens (including phenoxy) is 1. The third-order valence-electron chi connectivity index (χ3n) is 1.74. The zero-order valence-corrected chi connectivity index (χ0v) is 10.1. The summed E-state index contributed by atoms with van der Waals surface area (Å²) in [5.74, 6) is 0.579. The highest BCUT2D eigenvalue weighted by Gasteiger charge is 2.17. The molecule has 0 aliphatic rings. The Hall–Kier alpha value is -0.910. The van der Waals surface area contributed by atoms with E-state index in [4.69, 9.17) is 33.2 Å². The molecule has 0 N–H and O–H groups in total. The number of halogens is 2. The average Bonchev–Trinajstić information content (AvgIpc) is 2.14. The van der Waals surface area contributed by atoms with Gasteiger partial charge in [-0.25, -0.2) is 0 Å². The summed E-state index contributed by atoms with van der Waals surface area (Å²) in [6.45, 7) is 3.92. The molecule has 1 rings (SSSR count). The van der Waals surface area contributed by atoms with Gasteiger partial charge < -0.3 is 4.74 Å². The highest BCUT2D eigenvalue weighted by molar-refractivity contribution is 6.34. The second-order valence-corrected chi connectivity index (χ2v) is 4.76. The predicted octanol–water partition coefficient (Wildman–Crippen LogP) is 3.92. The maximum Gasteiger partial charge on any atom is 0.122 e. The van der Waals surface area contributed by atoms with Crippen LogP contribution in [0.5, 0.6) is 5.75 Å². The van der Waals surface area contributed by atoms with Crippen molar-refractivity contribution < 1.29 is 4.74 Å². The second kappa shape index (κ2) is 4.74. The predicted molar refractivity (Wildman–Crippen MR) is 61.4 cm³/mol. The summed E-state index contributed by atoms with van der Waals surface area (Å²) in [5, 5.41) is 9.84. The SMILES string of the molecule is CC(C)(C#N)COc1cc(Cl)cc(Cl)c1. The average molecular weight is 244 g/mol. The molecule has 0 unspecified atom stereocenters. The van der Waals surface area contributed by atoms with Crippen LogP contribution < -0.4 is 4.74 Å². The van der Waals surface area contributed by atoms with Gasteiger partial charge in [0.2, 0.25) is 0 Å². The highest BCUT2D eigenvalue weighted by Crippen LogP contribution is 2.25. The Kier molecular flexibility index (Phi) is 3.84. The lowest BCUT2D eigenvalue weighted by Gasteiger charge is -2.16. The van der Waals surface area contributed by atoms with Crippen molar-refractivity contribution >= 4 is 23.2 Å². The number of nitrogens with zero attached hydrogens (tertiary/aromatic N) is 1. The summed E-state index contributed by atoms with van der Waals surface area (Å²) < 4.78 is 5.43. The normalized spacial score (nSPS) is 10.9. The van der Waals surface area contributed by atoms with Gasteiger partial charge >= 0.3 is 0 Å². The van der Waals surface area contributed by atoms with E-state index in [-0.39, 0.29) is 0 Å². The Bertz CT molecular complexity index is 376. The van der Waals surface area contributed by atoms with Gasteiger partial charge in [0, 0.05) is 10.0 Å². The largest absolute Gasteiger partial charge is 0.492 e. The molecule has 0 fully saturated rings. The molecule has 0 aliphatic carbocycles. The molecule has 0 spiro atoms. The fourth-order valence-corrected chi connectivity index (χ4v) is 1.41. The zero-order valence-electron chi connectivity index (χ0n) is 8.55. The molecule has 0 aromatic heterocycles. The third kappa shape index (κ3) is 3.99. The third-order valence-corrected chi connectivity index (χ3v) is 2.17. The molecule has 80 valence electrons. The van der Waals surface area contributed by atoms with Crippen LogP contribution in [0.1, 0.15) is 13.8 Å². The van der Waals surface area contributed by atoms with Crippen LogP contribution in [0.2, 0.25) is 10.0 Å². The highest BCUT2D eigenvalue weighted by atomic mass is 35.5. The number of hydrogen-bond donors (Lipinski definition) is 0. The van der Waals surface area contributed by atoms with Gasteiger partial charge in [-0.3, -0.25) is 0 Å². The number of benzene rings is 1. The van der Waals surface area contributed by atoms with Crippen molar-refractivity contribution in [1.82, 2.24) is 0 Å². The van der Waals surface area contributed by atoms with Gasteiger partial charge in [0.25, 0.3) is 0 Å². The van der Waals surface area contributed by atoms with Crippen LogP contribution in [0.3, 0.4) is 0 Å². The molecule has 1 aromatic carbocycles. The van der Waals surface area contributed by atoms with E-state index in [0.717, 1.165) is 0 Å². The molecule has 0 radical (unpaired) electrons. The molecule has 0 atom stereocenters. The van der Waals surface area contributed by atoms with E-state index in [1.54, 1.807) is 32.0 Å².